The predicted octanol–water partition coefficient (Wildman–Crippen LogP) is 1.05. The minimum atomic E-state index is -4.90. The van der Waals surface area contributed by atoms with E-state index in [4.69, 9.17) is 9.29 Å². The van der Waals surface area contributed by atoms with Gasteiger partial charge >= 0.3 is 22.3 Å². The molecule has 1 rings (SSSR count). The molecule has 20 heavy (non-hydrogen) atoms. The highest BCUT2D eigenvalue weighted by atomic mass is 32.3. The standard InChI is InChI=1S/C11H10O7S.H3P/c1-2-6-17-10(12)8-4-3-5-9(7-8)11(13)18-19(14,15)16;/h2-5,7H,1,6H2,(H,14,15,16);1H3. The van der Waals surface area contributed by atoms with Crippen LogP contribution in [-0.4, -0.2) is 31.5 Å². The summed E-state index contributed by atoms with van der Waals surface area (Å²) in [5, 5.41) is 0. The Hall–Kier alpha value is -1.76. The molecule has 0 heterocycles. The van der Waals surface area contributed by atoms with E-state index in [0.717, 1.165) is 6.07 Å². The Bertz CT molecular complexity index is 609. The van der Waals surface area contributed by atoms with E-state index < -0.39 is 22.3 Å². The van der Waals surface area contributed by atoms with Crippen molar-refractivity contribution in [1.82, 2.24) is 0 Å². The first kappa shape index (κ1) is 18.2. The Balaban J connectivity index is 0.00000361. The van der Waals surface area contributed by atoms with Crippen LogP contribution in [0, 0.1) is 0 Å². The fourth-order valence-corrected chi connectivity index (χ4v) is 1.42. The summed E-state index contributed by atoms with van der Waals surface area (Å²) in [6.07, 6.45) is 1.37. The number of ether oxygens (including phenoxy) is 1. The molecular weight excluding hydrogens is 307 g/mol. The summed E-state index contributed by atoms with van der Waals surface area (Å²) in [5.41, 5.74) is -0.183. The van der Waals surface area contributed by atoms with Gasteiger partial charge in [0.2, 0.25) is 0 Å². The Morgan fingerprint density at radius 3 is 2.30 bits per heavy atom. The molecule has 0 radical (unpaired) electrons. The first-order valence-corrected chi connectivity index (χ1v) is 6.29. The summed E-state index contributed by atoms with van der Waals surface area (Å²) in [6, 6.07) is 5.01. The average molecular weight is 320 g/mol. The van der Waals surface area contributed by atoms with Crippen LogP contribution in [0.2, 0.25) is 0 Å². The summed E-state index contributed by atoms with van der Waals surface area (Å²) in [4.78, 5) is 22.8. The second-order valence-corrected chi connectivity index (χ2v) is 4.29. The Labute approximate surface area is 119 Å². The van der Waals surface area contributed by atoms with Crippen molar-refractivity contribution < 1.29 is 31.5 Å². The van der Waals surface area contributed by atoms with Gasteiger partial charge < -0.3 is 8.92 Å². The van der Waals surface area contributed by atoms with Crippen molar-refractivity contribution in [3.63, 3.8) is 0 Å². The van der Waals surface area contributed by atoms with Crippen molar-refractivity contribution in [2.45, 2.75) is 0 Å². The lowest BCUT2D eigenvalue weighted by Gasteiger charge is -2.04. The molecule has 1 N–H and O–H groups in total. The van der Waals surface area contributed by atoms with Gasteiger partial charge in [-0.2, -0.15) is 18.3 Å². The molecule has 0 saturated heterocycles. The number of rotatable bonds is 5. The maximum absolute atomic E-state index is 11.5. The quantitative estimate of drug-likeness (QED) is 0.374. The van der Waals surface area contributed by atoms with Gasteiger partial charge in [-0.15, -0.1) is 0 Å². The lowest BCUT2D eigenvalue weighted by Crippen LogP contribution is -2.13. The summed E-state index contributed by atoms with van der Waals surface area (Å²) in [7, 11) is -4.90. The van der Waals surface area contributed by atoms with Gasteiger partial charge in [0.05, 0.1) is 11.1 Å². The third-order valence-corrected chi connectivity index (χ3v) is 2.21. The van der Waals surface area contributed by atoms with E-state index in [1.165, 1.54) is 24.3 Å². The van der Waals surface area contributed by atoms with Crippen molar-refractivity contribution >= 4 is 32.2 Å². The molecule has 0 fully saturated rings. The lowest BCUT2D eigenvalue weighted by atomic mass is 10.1. The number of benzene rings is 1. The molecule has 0 spiro atoms. The summed E-state index contributed by atoms with van der Waals surface area (Å²) < 4.78 is 37.6. The predicted molar refractivity (Wildman–Crippen MR) is 75.0 cm³/mol. The molecule has 1 atom stereocenters. The van der Waals surface area contributed by atoms with Crippen LogP contribution in [0.5, 0.6) is 0 Å². The first-order chi connectivity index (χ1) is 8.83. The zero-order valence-corrected chi connectivity index (χ0v) is 12.5. The Morgan fingerprint density at radius 1 is 1.25 bits per heavy atom. The van der Waals surface area contributed by atoms with Crippen molar-refractivity contribution in [2.24, 2.45) is 0 Å². The Morgan fingerprint density at radius 2 is 1.80 bits per heavy atom. The van der Waals surface area contributed by atoms with Crippen molar-refractivity contribution in [3.05, 3.63) is 48.0 Å². The van der Waals surface area contributed by atoms with Crippen LogP contribution in [0.25, 0.3) is 0 Å². The summed E-state index contributed by atoms with van der Waals surface area (Å²) in [5.74, 6) is -2.01. The lowest BCUT2D eigenvalue weighted by molar-refractivity contribution is 0.0549. The third kappa shape index (κ3) is 5.92. The maximum atomic E-state index is 11.5. The second kappa shape index (κ2) is 7.74. The zero-order valence-electron chi connectivity index (χ0n) is 10.3. The molecule has 0 bridgehead atoms. The van der Waals surface area contributed by atoms with Gasteiger partial charge in [0.1, 0.15) is 6.61 Å². The molecule has 9 heteroatoms. The van der Waals surface area contributed by atoms with Gasteiger partial charge in [-0.1, -0.05) is 18.7 Å². The number of esters is 1. The molecule has 110 valence electrons. The minimum Gasteiger partial charge on any atom is -0.458 e. The van der Waals surface area contributed by atoms with Gasteiger partial charge in [0, 0.05) is 0 Å². The highest BCUT2D eigenvalue weighted by molar-refractivity contribution is 7.81. The molecular formula is C11H13O7PS. The van der Waals surface area contributed by atoms with Gasteiger partial charge in [-0.25, -0.2) is 9.59 Å². The van der Waals surface area contributed by atoms with E-state index in [1.807, 2.05) is 0 Å². The van der Waals surface area contributed by atoms with Crippen molar-refractivity contribution in [2.75, 3.05) is 6.61 Å². The number of carbonyl (C=O) groups is 2. The fourth-order valence-electron chi connectivity index (χ4n) is 1.13. The molecule has 0 aliphatic carbocycles. The summed E-state index contributed by atoms with van der Waals surface area (Å²) >= 11 is 0. The minimum absolute atomic E-state index is 0. The van der Waals surface area contributed by atoms with E-state index >= 15 is 0 Å². The second-order valence-electron chi connectivity index (χ2n) is 3.27. The number of hydrogen-bond acceptors (Lipinski definition) is 6. The largest absolute Gasteiger partial charge is 0.458 e. The number of carbonyl (C=O) groups excluding carboxylic acids is 2. The normalized spacial score (nSPS) is 10.1. The molecule has 0 aliphatic heterocycles. The van der Waals surface area contributed by atoms with Crippen LogP contribution >= 0.6 is 9.90 Å². The SMILES string of the molecule is C=CCOC(=O)c1cccc(C(=O)OS(=O)(=O)O)c1.P. The molecule has 0 aliphatic rings. The molecule has 0 aromatic heterocycles. The third-order valence-electron chi connectivity index (χ3n) is 1.85. The molecule has 0 amide bonds. The fraction of sp³-hybridized carbons (Fsp3) is 0.0909. The van der Waals surface area contributed by atoms with Crippen molar-refractivity contribution in [1.29, 1.82) is 0 Å². The first-order valence-electron chi connectivity index (χ1n) is 4.93. The van der Waals surface area contributed by atoms with Crippen LogP contribution in [-0.2, 0) is 19.3 Å². The average Bonchev–Trinajstić information content (AvgIpc) is 2.34. The van der Waals surface area contributed by atoms with Gasteiger partial charge in [0.15, 0.2) is 0 Å². The smallest absolute Gasteiger partial charge is 0.449 e. The van der Waals surface area contributed by atoms with Crippen LogP contribution < -0.4 is 0 Å². The van der Waals surface area contributed by atoms with E-state index in [1.54, 1.807) is 0 Å². The van der Waals surface area contributed by atoms with E-state index in [0.29, 0.717) is 0 Å². The van der Waals surface area contributed by atoms with Crippen LogP contribution in [0.3, 0.4) is 0 Å². The number of hydrogen-bond donors (Lipinski definition) is 1. The van der Waals surface area contributed by atoms with Gasteiger partial charge in [0.25, 0.3) is 0 Å². The topological polar surface area (TPSA) is 107 Å². The zero-order chi connectivity index (χ0) is 14.5. The highest BCUT2D eigenvalue weighted by Crippen LogP contribution is 2.09. The molecule has 7 nitrogen and oxygen atoms in total. The Kier molecular flexibility index (Phi) is 7.06. The van der Waals surface area contributed by atoms with Crippen molar-refractivity contribution in [3.8, 4) is 0 Å². The summed E-state index contributed by atoms with van der Waals surface area (Å²) in [6.45, 7) is 3.37. The van der Waals surface area contributed by atoms with E-state index in [-0.39, 0.29) is 27.6 Å². The van der Waals surface area contributed by atoms with E-state index in [2.05, 4.69) is 10.8 Å². The highest BCUT2D eigenvalue weighted by Gasteiger charge is 2.17. The molecule has 1 aromatic carbocycles. The van der Waals surface area contributed by atoms with Gasteiger partial charge in [-0.3, -0.25) is 4.55 Å². The molecule has 1 aromatic rings. The van der Waals surface area contributed by atoms with Gasteiger partial charge in [-0.05, 0) is 18.2 Å². The maximum Gasteiger partial charge on any atom is 0.449 e. The monoisotopic (exact) mass is 320 g/mol. The van der Waals surface area contributed by atoms with Crippen LogP contribution in [0.1, 0.15) is 20.7 Å². The molecule has 0 saturated carbocycles. The van der Waals surface area contributed by atoms with Crippen LogP contribution in [0.4, 0.5) is 0 Å². The molecule has 1 unspecified atom stereocenters. The van der Waals surface area contributed by atoms with E-state index in [9.17, 15) is 18.0 Å². The van der Waals surface area contributed by atoms with Crippen LogP contribution in [0.15, 0.2) is 36.9 Å².